The monoisotopic (exact) mass is 229 g/mol. The fraction of sp³-hybridized carbons (Fsp3) is 0.417. The molecule has 1 saturated carbocycles. The van der Waals surface area contributed by atoms with Gasteiger partial charge in [-0.15, -0.1) is 5.10 Å². The van der Waals surface area contributed by atoms with Gasteiger partial charge in [-0.3, -0.25) is 0 Å². The van der Waals surface area contributed by atoms with Crippen LogP contribution in [0.3, 0.4) is 0 Å². The van der Waals surface area contributed by atoms with Crippen molar-refractivity contribution in [1.29, 1.82) is 0 Å². The molecule has 0 unspecified atom stereocenters. The number of anilines is 1. The van der Waals surface area contributed by atoms with Crippen molar-refractivity contribution in [3.05, 3.63) is 23.8 Å². The Morgan fingerprint density at radius 2 is 2.12 bits per heavy atom. The number of nitrogens with two attached hydrogens (primary N) is 1. The molecule has 5 nitrogen and oxygen atoms in total. The van der Waals surface area contributed by atoms with Gasteiger partial charge in [0.15, 0.2) is 5.82 Å². The van der Waals surface area contributed by atoms with Gasteiger partial charge in [-0.05, 0) is 60.9 Å². The van der Waals surface area contributed by atoms with E-state index in [1.165, 1.54) is 0 Å². The summed E-state index contributed by atoms with van der Waals surface area (Å²) in [4.78, 5) is 0. The maximum atomic E-state index is 5.76. The van der Waals surface area contributed by atoms with E-state index in [1.807, 2.05) is 29.8 Å². The highest BCUT2D eigenvalue weighted by atomic mass is 15.6. The van der Waals surface area contributed by atoms with Gasteiger partial charge >= 0.3 is 0 Å². The highest BCUT2D eigenvalue weighted by Gasteiger charge is 2.42. The second-order valence-electron chi connectivity index (χ2n) is 4.99. The summed E-state index contributed by atoms with van der Waals surface area (Å²) in [7, 11) is 0. The largest absolute Gasteiger partial charge is 0.399 e. The smallest absolute Gasteiger partial charge is 0.182 e. The first-order valence-electron chi connectivity index (χ1n) is 5.75. The fourth-order valence-corrected chi connectivity index (χ4v) is 2.05. The van der Waals surface area contributed by atoms with E-state index in [0.29, 0.717) is 0 Å². The van der Waals surface area contributed by atoms with Gasteiger partial charge in [-0.25, -0.2) is 4.68 Å². The number of tetrazole rings is 1. The average molecular weight is 229 g/mol. The minimum atomic E-state index is 0.104. The van der Waals surface area contributed by atoms with Crippen molar-refractivity contribution < 1.29 is 0 Å². The van der Waals surface area contributed by atoms with Crippen molar-refractivity contribution in [2.45, 2.75) is 32.2 Å². The molecule has 3 rings (SSSR count). The van der Waals surface area contributed by atoms with Gasteiger partial charge in [0, 0.05) is 11.3 Å². The minimum Gasteiger partial charge on any atom is -0.399 e. The summed E-state index contributed by atoms with van der Waals surface area (Å²) < 4.78 is 1.94. The highest BCUT2D eigenvalue weighted by molar-refractivity contribution is 5.63. The maximum absolute atomic E-state index is 5.76. The molecule has 0 spiro atoms. The van der Waals surface area contributed by atoms with Crippen molar-refractivity contribution in [2.24, 2.45) is 0 Å². The molecule has 1 aliphatic carbocycles. The van der Waals surface area contributed by atoms with Crippen molar-refractivity contribution in [3.8, 4) is 11.4 Å². The first-order valence-corrected chi connectivity index (χ1v) is 5.75. The molecule has 2 aromatic rings. The maximum Gasteiger partial charge on any atom is 0.182 e. The third-order valence-electron chi connectivity index (χ3n) is 3.45. The Balaban J connectivity index is 2.13. The summed E-state index contributed by atoms with van der Waals surface area (Å²) >= 11 is 0. The lowest BCUT2D eigenvalue weighted by Crippen LogP contribution is -2.16. The molecule has 0 aliphatic heterocycles. The number of nitrogen functional groups attached to an aromatic ring is 1. The molecule has 17 heavy (non-hydrogen) atoms. The third-order valence-corrected chi connectivity index (χ3v) is 3.45. The zero-order chi connectivity index (χ0) is 12.0. The number of aryl methyl sites for hydroxylation is 1. The summed E-state index contributed by atoms with van der Waals surface area (Å²) in [5.74, 6) is 0.836. The summed E-state index contributed by atoms with van der Waals surface area (Å²) in [6.45, 7) is 4.21. The van der Waals surface area contributed by atoms with Gasteiger partial charge in [0.1, 0.15) is 0 Å². The van der Waals surface area contributed by atoms with Crippen LogP contribution in [0.5, 0.6) is 0 Å². The molecular formula is C12H15N5. The number of nitrogens with zero attached hydrogens (tertiary/aromatic N) is 4. The van der Waals surface area contributed by atoms with E-state index in [2.05, 4.69) is 22.4 Å². The van der Waals surface area contributed by atoms with Crippen molar-refractivity contribution in [1.82, 2.24) is 20.2 Å². The van der Waals surface area contributed by atoms with Gasteiger partial charge in [0.2, 0.25) is 0 Å². The van der Waals surface area contributed by atoms with Crippen LogP contribution < -0.4 is 5.73 Å². The van der Waals surface area contributed by atoms with Crippen LogP contribution in [0, 0.1) is 6.92 Å². The van der Waals surface area contributed by atoms with Gasteiger partial charge in [0.05, 0.1) is 5.54 Å². The van der Waals surface area contributed by atoms with E-state index in [-0.39, 0.29) is 5.54 Å². The van der Waals surface area contributed by atoms with Crippen molar-refractivity contribution in [2.75, 3.05) is 5.73 Å². The van der Waals surface area contributed by atoms with Crippen LogP contribution in [0.25, 0.3) is 11.4 Å². The zero-order valence-corrected chi connectivity index (χ0v) is 10.0. The number of benzene rings is 1. The van der Waals surface area contributed by atoms with E-state index in [0.717, 1.165) is 35.5 Å². The Hall–Kier alpha value is -1.91. The van der Waals surface area contributed by atoms with Gasteiger partial charge in [-0.1, -0.05) is 0 Å². The van der Waals surface area contributed by atoms with E-state index < -0.39 is 0 Å². The second kappa shape index (κ2) is 3.29. The Bertz CT molecular complexity index is 568. The first kappa shape index (κ1) is 10.3. The Labute approximate surface area is 99.6 Å². The summed E-state index contributed by atoms with van der Waals surface area (Å²) in [5, 5.41) is 12.1. The van der Waals surface area contributed by atoms with E-state index in [1.54, 1.807) is 0 Å². The lowest BCUT2D eigenvalue weighted by atomic mass is 10.1. The SMILES string of the molecule is Cc1cc(N)ccc1-c1nnnn1C1(C)CC1. The van der Waals surface area contributed by atoms with Crippen LogP contribution in [0.4, 0.5) is 5.69 Å². The predicted octanol–water partition coefficient (Wildman–Crippen LogP) is 1.74. The summed E-state index contributed by atoms with van der Waals surface area (Å²) in [5.41, 5.74) is 8.78. The first-order chi connectivity index (χ1) is 8.10. The quantitative estimate of drug-likeness (QED) is 0.796. The van der Waals surface area contributed by atoms with Crippen molar-refractivity contribution >= 4 is 5.69 Å². The molecule has 1 aromatic carbocycles. The Morgan fingerprint density at radius 1 is 1.35 bits per heavy atom. The summed E-state index contributed by atoms with van der Waals surface area (Å²) in [6, 6.07) is 5.82. The van der Waals surface area contributed by atoms with Crippen LogP contribution >= 0.6 is 0 Å². The second-order valence-corrected chi connectivity index (χ2v) is 4.99. The van der Waals surface area contributed by atoms with Crippen LogP contribution in [0.15, 0.2) is 18.2 Å². The Morgan fingerprint density at radius 3 is 2.76 bits per heavy atom. The van der Waals surface area contributed by atoms with Crippen molar-refractivity contribution in [3.63, 3.8) is 0 Å². The van der Waals surface area contributed by atoms with Crippen LogP contribution in [-0.2, 0) is 5.54 Å². The molecule has 0 amide bonds. The van der Waals surface area contributed by atoms with Crippen LogP contribution in [0.2, 0.25) is 0 Å². The van der Waals surface area contributed by atoms with E-state index in [4.69, 9.17) is 5.73 Å². The van der Waals surface area contributed by atoms with E-state index >= 15 is 0 Å². The molecule has 0 radical (unpaired) electrons. The molecule has 1 aromatic heterocycles. The number of aromatic nitrogens is 4. The minimum absolute atomic E-state index is 0.104. The number of rotatable bonds is 2. The van der Waals surface area contributed by atoms with Gasteiger partial charge in [0.25, 0.3) is 0 Å². The topological polar surface area (TPSA) is 69.6 Å². The zero-order valence-electron chi connectivity index (χ0n) is 10.0. The molecule has 5 heteroatoms. The van der Waals surface area contributed by atoms with Crippen LogP contribution in [-0.4, -0.2) is 20.2 Å². The van der Waals surface area contributed by atoms with E-state index in [9.17, 15) is 0 Å². The molecule has 88 valence electrons. The lowest BCUT2D eigenvalue weighted by molar-refractivity contribution is 0.463. The van der Waals surface area contributed by atoms with Gasteiger partial charge in [-0.2, -0.15) is 0 Å². The molecular weight excluding hydrogens is 214 g/mol. The molecule has 1 heterocycles. The predicted molar refractivity (Wildman–Crippen MR) is 65.3 cm³/mol. The number of hydrogen-bond acceptors (Lipinski definition) is 4. The average Bonchev–Trinajstić information content (AvgIpc) is 2.85. The fourth-order valence-electron chi connectivity index (χ4n) is 2.05. The van der Waals surface area contributed by atoms with Crippen LogP contribution in [0.1, 0.15) is 25.3 Å². The highest BCUT2D eigenvalue weighted by Crippen LogP contribution is 2.44. The normalized spacial score (nSPS) is 17.1. The number of hydrogen-bond donors (Lipinski definition) is 1. The standard InChI is InChI=1S/C12H15N5/c1-8-7-9(13)3-4-10(8)11-14-15-16-17(11)12(2)5-6-12/h3-4,7H,5-6,13H2,1-2H3. The Kier molecular flexibility index (Phi) is 1.98. The van der Waals surface area contributed by atoms with Gasteiger partial charge < -0.3 is 5.73 Å². The summed E-state index contributed by atoms with van der Waals surface area (Å²) in [6.07, 6.45) is 2.28. The molecule has 2 N–H and O–H groups in total. The molecule has 0 saturated heterocycles. The molecule has 1 fully saturated rings. The lowest BCUT2D eigenvalue weighted by Gasteiger charge is -2.12. The third kappa shape index (κ3) is 1.58. The molecule has 0 bridgehead atoms. The molecule has 1 aliphatic rings. The molecule has 0 atom stereocenters.